The summed E-state index contributed by atoms with van der Waals surface area (Å²) in [6, 6.07) is 23.5. The number of carboxylic acid groups (broad SMARTS) is 1. The summed E-state index contributed by atoms with van der Waals surface area (Å²) >= 11 is 6.19. The van der Waals surface area contributed by atoms with Gasteiger partial charge in [-0.3, -0.25) is 23.9 Å². The summed E-state index contributed by atoms with van der Waals surface area (Å²) in [6.07, 6.45) is 1.66. The maximum absolute atomic E-state index is 13.3. The minimum Gasteiger partial charge on any atom is -0.486 e. The highest BCUT2D eigenvalue weighted by Gasteiger charge is 2.33. The second kappa shape index (κ2) is 10.4. The van der Waals surface area contributed by atoms with Crippen LogP contribution in [0.1, 0.15) is 11.4 Å². The van der Waals surface area contributed by atoms with Crippen LogP contribution in [-0.4, -0.2) is 42.3 Å². The number of carbonyl (C=O) groups excluding carboxylic acids is 1. The van der Waals surface area contributed by atoms with E-state index in [-0.39, 0.29) is 16.5 Å². The molecule has 10 heteroatoms. The van der Waals surface area contributed by atoms with Gasteiger partial charge in [0.1, 0.15) is 23.2 Å². The molecule has 37 heavy (non-hydrogen) atoms. The van der Waals surface area contributed by atoms with Gasteiger partial charge in [0.05, 0.1) is 21.5 Å². The highest BCUT2D eigenvalue weighted by Crippen LogP contribution is 2.32. The number of fused-ring (bicyclic) bond motifs is 1. The van der Waals surface area contributed by atoms with E-state index >= 15 is 0 Å². The molecule has 1 aromatic heterocycles. The minimum absolute atomic E-state index is 0.0577. The van der Waals surface area contributed by atoms with Crippen molar-refractivity contribution in [2.75, 3.05) is 6.54 Å². The molecule has 3 aromatic carbocycles. The van der Waals surface area contributed by atoms with Crippen molar-refractivity contribution in [1.82, 2.24) is 14.5 Å². The largest absolute Gasteiger partial charge is 0.486 e. The van der Waals surface area contributed by atoms with Crippen LogP contribution >= 0.6 is 24.0 Å². The Morgan fingerprint density at radius 3 is 2.43 bits per heavy atom. The Kier molecular flexibility index (Phi) is 6.85. The number of aliphatic carboxylic acids is 1. The van der Waals surface area contributed by atoms with Crippen molar-refractivity contribution in [1.29, 1.82) is 0 Å². The van der Waals surface area contributed by atoms with Gasteiger partial charge < -0.3 is 9.84 Å². The highest BCUT2D eigenvalue weighted by molar-refractivity contribution is 8.26. The fourth-order valence-corrected chi connectivity index (χ4v) is 5.11. The van der Waals surface area contributed by atoms with Crippen LogP contribution in [0.2, 0.25) is 0 Å². The van der Waals surface area contributed by atoms with E-state index in [1.54, 1.807) is 47.0 Å². The number of nitrogens with zero attached hydrogens (tertiary/aromatic N) is 3. The van der Waals surface area contributed by atoms with Crippen molar-refractivity contribution in [3.8, 4) is 11.4 Å². The number of thioether (sulfide) groups is 1. The molecule has 0 radical (unpaired) electrons. The number of hydrogen-bond acceptors (Lipinski definition) is 7. The first kappa shape index (κ1) is 24.4. The van der Waals surface area contributed by atoms with Crippen LogP contribution in [0.3, 0.4) is 0 Å². The Morgan fingerprint density at radius 2 is 1.70 bits per heavy atom. The molecule has 0 spiro atoms. The second-order valence-corrected chi connectivity index (χ2v) is 9.72. The zero-order valence-electron chi connectivity index (χ0n) is 19.2. The van der Waals surface area contributed by atoms with Crippen LogP contribution in [0.5, 0.6) is 5.75 Å². The number of hydrogen-bond donors (Lipinski definition) is 1. The lowest BCUT2D eigenvalue weighted by atomic mass is 10.2. The molecule has 0 bridgehead atoms. The van der Waals surface area contributed by atoms with Crippen molar-refractivity contribution in [3.05, 3.63) is 106 Å². The number of ether oxygens (including phenoxy) is 1. The normalized spacial score (nSPS) is 14.5. The molecule has 2 heterocycles. The zero-order valence-corrected chi connectivity index (χ0v) is 20.9. The maximum Gasteiger partial charge on any atom is 0.323 e. The van der Waals surface area contributed by atoms with Gasteiger partial charge in [0, 0.05) is 0 Å². The number of aromatic nitrogens is 2. The van der Waals surface area contributed by atoms with Crippen LogP contribution in [0, 0.1) is 0 Å². The number of para-hydroxylation sites is 2. The summed E-state index contributed by atoms with van der Waals surface area (Å²) in [5.74, 6) is -0.546. The molecule has 1 aliphatic heterocycles. The summed E-state index contributed by atoms with van der Waals surface area (Å²) in [4.78, 5) is 42.8. The van der Waals surface area contributed by atoms with Gasteiger partial charge in [0.15, 0.2) is 5.82 Å². The topological polar surface area (TPSA) is 102 Å². The van der Waals surface area contributed by atoms with Gasteiger partial charge in [0.25, 0.3) is 11.5 Å². The van der Waals surface area contributed by atoms with Gasteiger partial charge in [0.2, 0.25) is 0 Å². The average Bonchev–Trinajstić information content (AvgIpc) is 3.15. The molecule has 1 N–H and O–H groups in total. The van der Waals surface area contributed by atoms with Gasteiger partial charge in [-0.15, -0.1) is 0 Å². The fourth-order valence-electron chi connectivity index (χ4n) is 3.85. The fraction of sp³-hybridized carbons (Fsp3) is 0.0741. The van der Waals surface area contributed by atoms with Crippen molar-refractivity contribution in [2.45, 2.75) is 6.61 Å². The molecule has 5 rings (SSSR count). The Hall–Kier alpha value is -4.28. The Bertz CT molecular complexity index is 1620. The summed E-state index contributed by atoms with van der Waals surface area (Å²) in [7, 11) is 0. The molecule has 8 nitrogen and oxygen atoms in total. The van der Waals surface area contributed by atoms with Crippen molar-refractivity contribution < 1.29 is 19.4 Å². The third kappa shape index (κ3) is 5.16. The van der Waals surface area contributed by atoms with Gasteiger partial charge in [-0.25, -0.2) is 4.98 Å². The lowest BCUT2D eigenvalue weighted by molar-refractivity contribution is -0.140. The van der Waals surface area contributed by atoms with Gasteiger partial charge in [-0.05, 0) is 48.0 Å². The van der Waals surface area contributed by atoms with Crippen LogP contribution in [-0.2, 0) is 16.2 Å². The lowest BCUT2D eigenvalue weighted by Crippen LogP contribution is -2.33. The highest BCUT2D eigenvalue weighted by atomic mass is 32.2. The third-order valence-corrected chi connectivity index (χ3v) is 6.95. The van der Waals surface area contributed by atoms with E-state index in [0.717, 1.165) is 22.2 Å². The molecule has 1 aliphatic rings. The molecule has 184 valence electrons. The summed E-state index contributed by atoms with van der Waals surface area (Å²) in [6.45, 7) is -0.409. The van der Waals surface area contributed by atoms with E-state index in [9.17, 15) is 14.4 Å². The van der Waals surface area contributed by atoms with E-state index in [1.165, 1.54) is 0 Å². The molecule has 0 unspecified atom stereocenters. The molecular formula is C27H19N3O5S2. The smallest absolute Gasteiger partial charge is 0.323 e. The molecule has 0 aliphatic carbocycles. The van der Waals surface area contributed by atoms with E-state index < -0.39 is 18.4 Å². The number of carbonyl (C=O) groups is 2. The molecule has 0 saturated carbocycles. The van der Waals surface area contributed by atoms with Crippen molar-refractivity contribution in [2.24, 2.45) is 0 Å². The van der Waals surface area contributed by atoms with Crippen LogP contribution < -0.4 is 10.3 Å². The Balaban J connectivity index is 1.37. The first-order valence-electron chi connectivity index (χ1n) is 11.2. The van der Waals surface area contributed by atoms with Crippen LogP contribution in [0.4, 0.5) is 0 Å². The van der Waals surface area contributed by atoms with Crippen LogP contribution in [0.15, 0.2) is 88.6 Å². The number of benzene rings is 3. The Morgan fingerprint density at radius 1 is 1.00 bits per heavy atom. The maximum atomic E-state index is 13.3. The number of amides is 1. The summed E-state index contributed by atoms with van der Waals surface area (Å²) in [5.41, 5.74) is 1.84. The van der Waals surface area contributed by atoms with Gasteiger partial charge in [-0.1, -0.05) is 66.4 Å². The summed E-state index contributed by atoms with van der Waals surface area (Å²) in [5, 5.41) is 9.50. The summed E-state index contributed by atoms with van der Waals surface area (Å²) < 4.78 is 7.74. The molecule has 4 aromatic rings. The van der Waals surface area contributed by atoms with Gasteiger partial charge >= 0.3 is 5.97 Å². The molecule has 1 fully saturated rings. The predicted molar refractivity (Wildman–Crippen MR) is 146 cm³/mol. The molecule has 1 amide bonds. The molecule has 1 saturated heterocycles. The standard InChI is InChI=1S/C27H19N3O5S2/c31-24(32)15-29-26(34)22(37-27(29)36)14-17-10-12-19(13-11-17)35-16-23-28-21-9-5-4-8-20(21)25(33)30(23)18-6-2-1-3-7-18/h1-14H,15-16H2,(H,31,32)/b22-14+. The SMILES string of the molecule is O=C(O)CN1C(=O)/C(=C\c2ccc(OCc3nc4ccccc4c(=O)n3-c3ccccc3)cc2)SC1=S. The van der Waals surface area contributed by atoms with E-state index in [0.29, 0.717) is 33.1 Å². The van der Waals surface area contributed by atoms with E-state index in [1.807, 2.05) is 42.5 Å². The minimum atomic E-state index is -1.13. The first-order valence-corrected chi connectivity index (χ1v) is 12.4. The second-order valence-electron chi connectivity index (χ2n) is 8.04. The number of thiocarbonyl (C=S) groups is 1. The Labute approximate surface area is 220 Å². The lowest BCUT2D eigenvalue weighted by Gasteiger charge is -2.14. The van der Waals surface area contributed by atoms with Crippen molar-refractivity contribution >= 4 is 57.2 Å². The van der Waals surface area contributed by atoms with E-state index in [4.69, 9.17) is 22.1 Å². The quantitative estimate of drug-likeness (QED) is 0.280. The number of rotatable bonds is 7. The predicted octanol–water partition coefficient (Wildman–Crippen LogP) is 4.25. The van der Waals surface area contributed by atoms with Gasteiger partial charge in [-0.2, -0.15) is 0 Å². The monoisotopic (exact) mass is 529 g/mol. The van der Waals surface area contributed by atoms with Crippen molar-refractivity contribution in [3.63, 3.8) is 0 Å². The molecule has 0 atom stereocenters. The zero-order chi connectivity index (χ0) is 25.9. The van der Waals surface area contributed by atoms with Crippen LogP contribution in [0.25, 0.3) is 22.7 Å². The number of carboxylic acids is 1. The first-order chi connectivity index (χ1) is 17.9. The average molecular weight is 530 g/mol. The van der Waals surface area contributed by atoms with E-state index in [2.05, 4.69) is 4.98 Å². The third-order valence-electron chi connectivity index (χ3n) is 5.57. The molecular weight excluding hydrogens is 510 g/mol.